The number of aromatic nitrogens is 3. The lowest BCUT2D eigenvalue weighted by Crippen LogP contribution is -2.34. The number of ether oxygens (including phenoxy) is 1. The van der Waals surface area contributed by atoms with Gasteiger partial charge in [-0.2, -0.15) is 0 Å². The van der Waals surface area contributed by atoms with E-state index >= 15 is 0 Å². The van der Waals surface area contributed by atoms with E-state index in [1.54, 1.807) is 4.68 Å². The van der Waals surface area contributed by atoms with E-state index in [0.717, 1.165) is 11.4 Å². The average molecular weight is 386 g/mol. The zero-order chi connectivity index (χ0) is 20.3. The Morgan fingerprint density at radius 3 is 2.57 bits per heavy atom. The molecule has 3 rings (SSSR count). The predicted octanol–water partition coefficient (Wildman–Crippen LogP) is 2.60. The summed E-state index contributed by atoms with van der Waals surface area (Å²) in [6.45, 7) is 5.88. The molecule has 2 aromatic rings. The number of rotatable bonds is 7. The molecule has 8 heteroatoms. The molecule has 0 bridgehead atoms. The summed E-state index contributed by atoms with van der Waals surface area (Å²) in [6.07, 6.45) is 2.37. The molecule has 1 aromatic carbocycles. The topological polar surface area (TPSA) is 106 Å². The Morgan fingerprint density at radius 2 is 2.00 bits per heavy atom. The van der Waals surface area contributed by atoms with Gasteiger partial charge in [0.05, 0.1) is 23.4 Å². The van der Waals surface area contributed by atoms with Crippen LogP contribution < -0.4 is 10.1 Å². The molecular formula is C20H26N4O4. The molecule has 0 unspecified atom stereocenters. The number of nitrogens with one attached hydrogen (secondary N) is 1. The molecule has 150 valence electrons. The van der Waals surface area contributed by atoms with Crippen molar-refractivity contribution in [2.24, 2.45) is 5.92 Å². The number of carbonyl (C=O) groups excluding carboxylic acids is 1. The molecule has 0 aliphatic heterocycles. The third-order valence-electron chi connectivity index (χ3n) is 4.88. The van der Waals surface area contributed by atoms with Crippen molar-refractivity contribution in [1.29, 1.82) is 0 Å². The minimum Gasteiger partial charge on any atom is -0.491 e. The lowest BCUT2D eigenvalue weighted by atomic mass is 10.1. The normalized spacial score (nSPS) is 19.0. The van der Waals surface area contributed by atoms with E-state index in [1.807, 2.05) is 45.0 Å². The van der Waals surface area contributed by atoms with Crippen LogP contribution in [0.25, 0.3) is 5.69 Å². The summed E-state index contributed by atoms with van der Waals surface area (Å²) in [7, 11) is 0. The number of carboxylic acids is 1. The lowest BCUT2D eigenvalue weighted by molar-refractivity contribution is -0.141. The molecule has 0 saturated heterocycles. The second-order valence-corrected chi connectivity index (χ2v) is 7.33. The van der Waals surface area contributed by atoms with Crippen LogP contribution in [0.3, 0.4) is 0 Å². The summed E-state index contributed by atoms with van der Waals surface area (Å²) in [5.74, 6) is -0.733. The van der Waals surface area contributed by atoms with E-state index < -0.39 is 11.9 Å². The first-order valence-electron chi connectivity index (χ1n) is 9.64. The first-order chi connectivity index (χ1) is 13.4. The van der Waals surface area contributed by atoms with E-state index in [4.69, 9.17) is 9.84 Å². The molecule has 1 saturated carbocycles. The van der Waals surface area contributed by atoms with Crippen molar-refractivity contribution in [2.45, 2.75) is 58.6 Å². The standard InChI is InChI=1S/C20H26N4O4/c1-4-17-18(19(25)21-14-6-5-13(11-14)20(26)27)22-23-24(17)15-7-9-16(10-8-15)28-12(2)3/h7-10,12-14H,4-6,11H2,1-3H3,(H,21,25)(H,26,27)/t13-,14+/m1/s1. The number of hydrogen-bond donors (Lipinski definition) is 2. The highest BCUT2D eigenvalue weighted by molar-refractivity contribution is 5.93. The van der Waals surface area contributed by atoms with Crippen molar-refractivity contribution in [3.05, 3.63) is 35.7 Å². The number of aliphatic carboxylic acids is 1. The average Bonchev–Trinajstić information content (AvgIpc) is 3.28. The molecular weight excluding hydrogens is 360 g/mol. The number of carboxylic acid groups (broad SMARTS) is 1. The Hall–Kier alpha value is -2.90. The van der Waals surface area contributed by atoms with E-state index in [9.17, 15) is 9.59 Å². The van der Waals surface area contributed by atoms with E-state index in [1.165, 1.54) is 0 Å². The van der Waals surface area contributed by atoms with Crippen molar-refractivity contribution in [2.75, 3.05) is 0 Å². The molecule has 2 atom stereocenters. The highest BCUT2D eigenvalue weighted by Crippen LogP contribution is 2.26. The molecule has 1 aliphatic rings. The van der Waals surface area contributed by atoms with Gasteiger partial charge in [-0.3, -0.25) is 9.59 Å². The molecule has 1 aliphatic carbocycles. The highest BCUT2D eigenvalue weighted by atomic mass is 16.5. The van der Waals surface area contributed by atoms with Crippen LogP contribution in [0.2, 0.25) is 0 Å². The van der Waals surface area contributed by atoms with Crippen molar-refractivity contribution in [3.63, 3.8) is 0 Å². The molecule has 1 amide bonds. The SMILES string of the molecule is CCc1c(C(=O)N[C@H]2CC[C@@H](C(=O)O)C2)nnn1-c1ccc(OC(C)C)cc1. The largest absolute Gasteiger partial charge is 0.491 e. The van der Waals surface area contributed by atoms with Crippen LogP contribution in [-0.2, 0) is 11.2 Å². The van der Waals surface area contributed by atoms with Crippen LogP contribution in [0.1, 0.15) is 56.2 Å². The molecule has 2 N–H and O–H groups in total. The van der Waals surface area contributed by atoms with Gasteiger partial charge in [0.15, 0.2) is 5.69 Å². The van der Waals surface area contributed by atoms with Crippen molar-refractivity contribution >= 4 is 11.9 Å². The lowest BCUT2D eigenvalue weighted by Gasteiger charge is -2.12. The second-order valence-electron chi connectivity index (χ2n) is 7.33. The van der Waals surface area contributed by atoms with Gasteiger partial charge in [-0.05, 0) is 63.8 Å². The number of carbonyl (C=O) groups is 2. The van der Waals surface area contributed by atoms with E-state index in [0.29, 0.717) is 31.4 Å². The molecule has 0 spiro atoms. The van der Waals surface area contributed by atoms with E-state index in [-0.39, 0.29) is 23.7 Å². The molecule has 0 radical (unpaired) electrons. The molecule has 28 heavy (non-hydrogen) atoms. The van der Waals surface area contributed by atoms with E-state index in [2.05, 4.69) is 15.6 Å². The maximum absolute atomic E-state index is 12.7. The van der Waals surface area contributed by atoms with Crippen molar-refractivity contribution in [3.8, 4) is 11.4 Å². The smallest absolute Gasteiger partial charge is 0.306 e. The monoisotopic (exact) mass is 386 g/mol. The predicted molar refractivity (Wildman–Crippen MR) is 103 cm³/mol. The number of hydrogen-bond acceptors (Lipinski definition) is 5. The summed E-state index contributed by atoms with van der Waals surface area (Å²) < 4.78 is 7.31. The third-order valence-corrected chi connectivity index (χ3v) is 4.88. The van der Waals surface area contributed by atoms with Gasteiger partial charge in [-0.25, -0.2) is 4.68 Å². The van der Waals surface area contributed by atoms with Crippen LogP contribution in [0.15, 0.2) is 24.3 Å². The van der Waals surface area contributed by atoms with Gasteiger partial charge >= 0.3 is 5.97 Å². The Morgan fingerprint density at radius 1 is 1.29 bits per heavy atom. The third kappa shape index (κ3) is 4.32. The summed E-state index contributed by atoms with van der Waals surface area (Å²) in [4.78, 5) is 23.8. The van der Waals surface area contributed by atoms with Crippen LogP contribution in [0, 0.1) is 5.92 Å². The van der Waals surface area contributed by atoms with Crippen molar-refractivity contribution < 1.29 is 19.4 Å². The van der Waals surface area contributed by atoms with Gasteiger partial charge < -0.3 is 15.2 Å². The van der Waals surface area contributed by atoms with Crippen LogP contribution in [-0.4, -0.2) is 44.1 Å². The zero-order valence-electron chi connectivity index (χ0n) is 16.4. The Kier molecular flexibility index (Phi) is 5.96. The molecule has 1 heterocycles. The maximum atomic E-state index is 12.7. The van der Waals surface area contributed by atoms with Crippen LogP contribution >= 0.6 is 0 Å². The number of benzene rings is 1. The minimum absolute atomic E-state index is 0.0926. The van der Waals surface area contributed by atoms with Gasteiger partial charge in [0.1, 0.15) is 5.75 Å². The van der Waals surface area contributed by atoms with Gasteiger partial charge in [0.25, 0.3) is 5.91 Å². The molecule has 8 nitrogen and oxygen atoms in total. The van der Waals surface area contributed by atoms with Gasteiger partial charge in [0, 0.05) is 6.04 Å². The van der Waals surface area contributed by atoms with Crippen LogP contribution in [0.5, 0.6) is 5.75 Å². The highest BCUT2D eigenvalue weighted by Gasteiger charge is 2.31. The summed E-state index contributed by atoms with van der Waals surface area (Å²) >= 11 is 0. The quantitative estimate of drug-likeness (QED) is 0.758. The fourth-order valence-electron chi connectivity index (χ4n) is 3.53. The molecule has 1 aromatic heterocycles. The Labute approximate surface area is 163 Å². The maximum Gasteiger partial charge on any atom is 0.306 e. The number of nitrogens with zero attached hydrogens (tertiary/aromatic N) is 3. The summed E-state index contributed by atoms with van der Waals surface area (Å²) in [6, 6.07) is 7.33. The molecule has 1 fully saturated rings. The second kappa shape index (κ2) is 8.41. The fourth-order valence-corrected chi connectivity index (χ4v) is 3.53. The minimum atomic E-state index is -0.804. The Bertz CT molecular complexity index is 844. The Balaban J connectivity index is 1.74. The summed E-state index contributed by atoms with van der Waals surface area (Å²) in [5, 5.41) is 20.3. The first kappa shape index (κ1) is 19.9. The van der Waals surface area contributed by atoms with Crippen molar-refractivity contribution in [1.82, 2.24) is 20.3 Å². The fraction of sp³-hybridized carbons (Fsp3) is 0.500. The first-order valence-corrected chi connectivity index (χ1v) is 9.64. The van der Waals surface area contributed by atoms with Gasteiger partial charge in [-0.1, -0.05) is 12.1 Å². The van der Waals surface area contributed by atoms with Gasteiger partial charge in [0.2, 0.25) is 0 Å². The van der Waals surface area contributed by atoms with Gasteiger partial charge in [-0.15, -0.1) is 5.10 Å². The zero-order valence-corrected chi connectivity index (χ0v) is 16.4. The number of amides is 1. The summed E-state index contributed by atoms with van der Waals surface area (Å²) in [5.41, 5.74) is 1.79. The van der Waals surface area contributed by atoms with Crippen LogP contribution in [0.4, 0.5) is 0 Å².